The van der Waals surface area contributed by atoms with Crippen LogP contribution in [0, 0.1) is 5.92 Å². The van der Waals surface area contributed by atoms with Crippen molar-refractivity contribution in [2.24, 2.45) is 5.92 Å². The highest BCUT2D eigenvalue weighted by Gasteiger charge is 2.23. The van der Waals surface area contributed by atoms with Crippen molar-refractivity contribution in [1.29, 1.82) is 0 Å². The van der Waals surface area contributed by atoms with E-state index >= 15 is 0 Å². The van der Waals surface area contributed by atoms with Crippen LogP contribution in [0.3, 0.4) is 0 Å². The zero-order valence-electron chi connectivity index (χ0n) is 7.48. The van der Waals surface area contributed by atoms with Crippen molar-refractivity contribution in [2.45, 2.75) is 38.6 Å². The number of hydrogen-bond donors (Lipinski definition) is 1. The van der Waals surface area contributed by atoms with Gasteiger partial charge in [-0.3, -0.25) is 4.79 Å². The van der Waals surface area contributed by atoms with Crippen LogP contribution in [0.4, 0.5) is 0 Å². The molecule has 0 aromatic heterocycles. The average Bonchev–Trinajstić information content (AvgIpc) is 2.71. The molecule has 70 valence electrons. The Labute approximate surface area is 82.2 Å². The van der Waals surface area contributed by atoms with Crippen molar-refractivity contribution in [1.82, 2.24) is 5.32 Å². The van der Waals surface area contributed by atoms with Crippen molar-refractivity contribution >= 4 is 21.8 Å². The maximum Gasteiger partial charge on any atom is 0.221 e. The molecule has 12 heavy (non-hydrogen) atoms. The Morgan fingerprint density at radius 2 is 2.33 bits per heavy atom. The molecule has 1 unspecified atom stereocenters. The van der Waals surface area contributed by atoms with E-state index in [4.69, 9.17) is 0 Å². The van der Waals surface area contributed by atoms with Crippen molar-refractivity contribution in [3.63, 3.8) is 0 Å². The van der Waals surface area contributed by atoms with Gasteiger partial charge in [0.2, 0.25) is 5.91 Å². The number of rotatable bonds is 5. The Kier molecular flexibility index (Phi) is 4.06. The number of amides is 1. The average molecular weight is 234 g/mol. The number of carbonyl (C=O) groups excluding carboxylic acids is 1. The summed E-state index contributed by atoms with van der Waals surface area (Å²) in [5.41, 5.74) is 0. The number of halogens is 1. The Hall–Kier alpha value is -0.0500. The largest absolute Gasteiger partial charge is 0.354 e. The topological polar surface area (TPSA) is 29.1 Å². The molecule has 1 atom stereocenters. The Balaban J connectivity index is 2.06. The summed E-state index contributed by atoms with van der Waals surface area (Å²) >= 11 is 3.24. The second kappa shape index (κ2) is 4.85. The fourth-order valence-corrected chi connectivity index (χ4v) is 1.71. The molecule has 1 N–H and O–H groups in total. The third kappa shape index (κ3) is 4.10. The van der Waals surface area contributed by atoms with Gasteiger partial charge in [-0.2, -0.15) is 0 Å². The summed E-state index contributed by atoms with van der Waals surface area (Å²) in [7, 11) is 0. The van der Waals surface area contributed by atoms with Gasteiger partial charge in [0, 0.05) is 17.8 Å². The van der Waals surface area contributed by atoms with Gasteiger partial charge in [0.05, 0.1) is 0 Å². The maximum absolute atomic E-state index is 11.1. The highest BCUT2D eigenvalue weighted by molar-refractivity contribution is 9.09. The predicted octanol–water partition coefficient (Wildman–Crippen LogP) is 2.08. The second-order valence-corrected chi connectivity index (χ2v) is 4.38. The number of carbonyl (C=O) groups is 1. The molecule has 2 nitrogen and oxygen atoms in total. The molecule has 0 heterocycles. The van der Waals surface area contributed by atoms with E-state index in [0.717, 1.165) is 17.7 Å². The van der Waals surface area contributed by atoms with Crippen molar-refractivity contribution < 1.29 is 4.79 Å². The van der Waals surface area contributed by atoms with Gasteiger partial charge in [-0.15, -0.1) is 0 Å². The van der Waals surface area contributed by atoms with Crippen LogP contribution in [0.5, 0.6) is 0 Å². The molecular weight excluding hydrogens is 218 g/mol. The van der Waals surface area contributed by atoms with Crippen LogP contribution in [0.2, 0.25) is 0 Å². The minimum atomic E-state index is 0.167. The van der Waals surface area contributed by atoms with Gasteiger partial charge in [0.1, 0.15) is 0 Å². The van der Waals surface area contributed by atoms with Crippen LogP contribution in [-0.4, -0.2) is 17.3 Å². The Morgan fingerprint density at radius 1 is 1.67 bits per heavy atom. The van der Waals surface area contributed by atoms with Crippen molar-refractivity contribution in [2.75, 3.05) is 5.33 Å². The molecule has 1 aliphatic rings. The molecule has 3 heteroatoms. The normalized spacial score (nSPS) is 18.8. The summed E-state index contributed by atoms with van der Waals surface area (Å²) < 4.78 is 0. The number of hydrogen-bond acceptors (Lipinski definition) is 1. The van der Waals surface area contributed by atoms with Gasteiger partial charge in [-0.1, -0.05) is 28.8 Å². The van der Waals surface area contributed by atoms with Gasteiger partial charge in [0.25, 0.3) is 0 Å². The van der Waals surface area contributed by atoms with E-state index in [9.17, 15) is 4.79 Å². The summed E-state index contributed by atoms with van der Waals surface area (Å²) in [6.45, 7) is 2.09. The molecule has 1 saturated carbocycles. The lowest BCUT2D eigenvalue weighted by molar-refractivity contribution is -0.121. The standard InChI is InChI=1S/C9H16BrNO/c1-7(6-8-2-3-8)11-9(12)4-5-10/h7-8H,2-6H2,1H3,(H,11,12). The smallest absolute Gasteiger partial charge is 0.221 e. The fraction of sp³-hybridized carbons (Fsp3) is 0.889. The minimum absolute atomic E-state index is 0.167. The first-order valence-corrected chi connectivity index (χ1v) is 5.70. The molecule has 0 saturated heterocycles. The SMILES string of the molecule is CC(CC1CC1)NC(=O)CCBr. The van der Waals surface area contributed by atoms with E-state index in [1.807, 2.05) is 0 Å². The summed E-state index contributed by atoms with van der Waals surface area (Å²) in [5.74, 6) is 1.06. The number of alkyl halides is 1. The first kappa shape index (κ1) is 10.0. The summed E-state index contributed by atoms with van der Waals surface area (Å²) in [6.07, 6.45) is 4.47. The summed E-state index contributed by atoms with van der Waals surface area (Å²) in [6, 6.07) is 0.365. The van der Waals surface area contributed by atoms with Crippen LogP contribution >= 0.6 is 15.9 Å². The lowest BCUT2D eigenvalue weighted by atomic mass is 10.1. The molecular formula is C9H16BrNO. The van der Waals surface area contributed by atoms with Gasteiger partial charge in [0.15, 0.2) is 0 Å². The van der Waals surface area contributed by atoms with Crippen LogP contribution < -0.4 is 5.32 Å². The quantitative estimate of drug-likeness (QED) is 0.725. The van der Waals surface area contributed by atoms with E-state index < -0.39 is 0 Å². The zero-order chi connectivity index (χ0) is 8.97. The van der Waals surface area contributed by atoms with Crippen molar-refractivity contribution in [3.8, 4) is 0 Å². The number of nitrogens with one attached hydrogen (secondary N) is 1. The molecule has 0 spiro atoms. The first-order chi connectivity index (χ1) is 5.72. The fourth-order valence-electron chi connectivity index (χ4n) is 1.35. The molecule has 0 radical (unpaired) electrons. The molecule has 0 aliphatic heterocycles. The van der Waals surface area contributed by atoms with Crippen LogP contribution in [-0.2, 0) is 4.79 Å². The maximum atomic E-state index is 11.1. The predicted molar refractivity (Wildman–Crippen MR) is 53.4 cm³/mol. The minimum Gasteiger partial charge on any atom is -0.354 e. The lowest BCUT2D eigenvalue weighted by Gasteiger charge is -2.12. The van der Waals surface area contributed by atoms with Crippen molar-refractivity contribution in [3.05, 3.63) is 0 Å². The van der Waals surface area contributed by atoms with E-state index in [1.165, 1.54) is 12.8 Å². The van der Waals surface area contributed by atoms with Crippen LogP contribution in [0.1, 0.15) is 32.6 Å². The second-order valence-electron chi connectivity index (χ2n) is 3.59. The molecule has 0 bridgehead atoms. The van der Waals surface area contributed by atoms with E-state index in [-0.39, 0.29) is 5.91 Å². The zero-order valence-corrected chi connectivity index (χ0v) is 9.06. The van der Waals surface area contributed by atoms with E-state index in [0.29, 0.717) is 12.5 Å². The first-order valence-electron chi connectivity index (χ1n) is 4.57. The Bertz CT molecular complexity index is 157. The summed E-state index contributed by atoms with van der Waals surface area (Å²) in [5, 5.41) is 3.74. The molecule has 1 amide bonds. The van der Waals surface area contributed by atoms with Gasteiger partial charge in [-0.25, -0.2) is 0 Å². The summed E-state index contributed by atoms with van der Waals surface area (Å²) in [4.78, 5) is 11.1. The van der Waals surface area contributed by atoms with Crippen LogP contribution in [0.25, 0.3) is 0 Å². The molecule has 1 rings (SSSR count). The molecule has 1 fully saturated rings. The third-order valence-corrected chi connectivity index (χ3v) is 2.51. The molecule has 0 aromatic rings. The monoisotopic (exact) mass is 233 g/mol. The van der Waals surface area contributed by atoms with E-state index in [2.05, 4.69) is 28.2 Å². The highest BCUT2D eigenvalue weighted by atomic mass is 79.9. The highest BCUT2D eigenvalue weighted by Crippen LogP contribution is 2.33. The van der Waals surface area contributed by atoms with Gasteiger partial charge >= 0.3 is 0 Å². The lowest BCUT2D eigenvalue weighted by Crippen LogP contribution is -2.32. The third-order valence-electron chi connectivity index (χ3n) is 2.11. The van der Waals surface area contributed by atoms with E-state index in [1.54, 1.807) is 0 Å². The van der Waals surface area contributed by atoms with Gasteiger partial charge in [-0.05, 0) is 19.3 Å². The van der Waals surface area contributed by atoms with Gasteiger partial charge < -0.3 is 5.32 Å². The Morgan fingerprint density at radius 3 is 2.83 bits per heavy atom. The molecule has 1 aliphatic carbocycles. The molecule has 0 aromatic carbocycles. The van der Waals surface area contributed by atoms with Crippen LogP contribution in [0.15, 0.2) is 0 Å².